The fourth-order valence-electron chi connectivity index (χ4n) is 1.83. The number of ether oxygens (including phenoxy) is 3. The van der Waals surface area contributed by atoms with Gasteiger partial charge in [0.25, 0.3) is 0 Å². The summed E-state index contributed by atoms with van der Waals surface area (Å²) in [5.74, 6) is 1.01. The summed E-state index contributed by atoms with van der Waals surface area (Å²) in [6, 6.07) is 0. The third-order valence-corrected chi connectivity index (χ3v) is 4.03. The Bertz CT molecular complexity index is 305. The Morgan fingerprint density at radius 3 is 2.29 bits per heavy atom. The minimum absolute atomic E-state index is 0.131. The van der Waals surface area contributed by atoms with Gasteiger partial charge < -0.3 is 14.2 Å². The quantitative estimate of drug-likeness (QED) is 0.651. The summed E-state index contributed by atoms with van der Waals surface area (Å²) >= 11 is 0. The van der Waals surface area contributed by atoms with E-state index in [2.05, 4.69) is 20.8 Å². The molecule has 0 N–H and O–H groups in total. The molecule has 0 amide bonds. The highest BCUT2D eigenvalue weighted by Crippen LogP contribution is 2.46. The molecule has 3 heteroatoms. The molecule has 0 saturated heterocycles. The van der Waals surface area contributed by atoms with Crippen molar-refractivity contribution < 1.29 is 14.2 Å². The molecule has 1 aliphatic heterocycles. The highest BCUT2D eigenvalue weighted by atomic mass is 16.5. The fourth-order valence-corrected chi connectivity index (χ4v) is 1.83. The van der Waals surface area contributed by atoms with E-state index >= 15 is 0 Å². The Labute approximate surface area is 104 Å². The molecular weight excluding hydrogens is 216 g/mol. The van der Waals surface area contributed by atoms with Gasteiger partial charge in [-0.15, -0.1) is 0 Å². The van der Waals surface area contributed by atoms with E-state index in [1.165, 1.54) is 18.4 Å². The largest absolute Gasteiger partial charge is 0.498 e. The lowest BCUT2D eigenvalue weighted by atomic mass is 10.1. The summed E-state index contributed by atoms with van der Waals surface area (Å²) in [5, 5.41) is 0. The van der Waals surface area contributed by atoms with Crippen LogP contribution in [0, 0.1) is 5.41 Å². The highest BCUT2D eigenvalue weighted by molar-refractivity contribution is 5.05. The monoisotopic (exact) mass is 240 g/mol. The van der Waals surface area contributed by atoms with E-state index in [0.29, 0.717) is 6.61 Å². The lowest BCUT2D eigenvalue weighted by molar-refractivity contribution is -0.0653. The predicted octanol–water partition coefficient (Wildman–Crippen LogP) is 2.90. The van der Waals surface area contributed by atoms with E-state index in [9.17, 15) is 0 Å². The van der Waals surface area contributed by atoms with Crippen LogP contribution in [0.1, 0.15) is 40.5 Å². The molecule has 3 nitrogen and oxygen atoms in total. The zero-order valence-electron chi connectivity index (χ0n) is 11.4. The first kappa shape index (κ1) is 12.9. The van der Waals surface area contributed by atoms with Gasteiger partial charge in [0.2, 0.25) is 0 Å². The van der Waals surface area contributed by atoms with Crippen molar-refractivity contribution in [1.29, 1.82) is 0 Å². The second kappa shape index (κ2) is 4.99. The molecule has 2 atom stereocenters. The molecule has 2 rings (SSSR count). The van der Waals surface area contributed by atoms with Crippen molar-refractivity contribution in [2.24, 2.45) is 5.41 Å². The van der Waals surface area contributed by atoms with Gasteiger partial charge in [-0.25, -0.2) is 0 Å². The van der Waals surface area contributed by atoms with Gasteiger partial charge in [0.1, 0.15) is 0 Å². The molecule has 0 bridgehead atoms. The molecule has 0 aromatic heterocycles. The van der Waals surface area contributed by atoms with Crippen molar-refractivity contribution in [3.8, 4) is 0 Å². The second-order valence-corrected chi connectivity index (χ2v) is 5.66. The zero-order chi connectivity index (χ0) is 12.5. The average Bonchev–Trinajstić information content (AvgIpc) is 3.09. The van der Waals surface area contributed by atoms with Gasteiger partial charge in [-0.2, -0.15) is 0 Å². The highest BCUT2D eigenvalue weighted by Gasteiger charge is 2.44. The molecule has 17 heavy (non-hydrogen) atoms. The van der Waals surface area contributed by atoms with Gasteiger partial charge in [0, 0.05) is 5.41 Å². The second-order valence-electron chi connectivity index (χ2n) is 5.66. The molecule has 0 radical (unpaired) electrons. The Morgan fingerprint density at radius 2 is 1.65 bits per heavy atom. The molecule has 2 aliphatic rings. The third kappa shape index (κ3) is 3.23. The average molecular weight is 240 g/mol. The summed E-state index contributed by atoms with van der Waals surface area (Å²) in [6.45, 7) is 10.5. The number of allylic oxidation sites excluding steroid dienone is 1. The summed E-state index contributed by atoms with van der Waals surface area (Å²) < 4.78 is 17.6. The van der Waals surface area contributed by atoms with Gasteiger partial charge in [0.15, 0.2) is 0 Å². The van der Waals surface area contributed by atoms with Gasteiger partial charge >= 0.3 is 0 Å². The summed E-state index contributed by atoms with van der Waals surface area (Å²) in [4.78, 5) is 0. The van der Waals surface area contributed by atoms with Crippen molar-refractivity contribution in [2.45, 2.75) is 52.7 Å². The fraction of sp³-hybridized carbons (Fsp3) is 0.857. The van der Waals surface area contributed by atoms with E-state index in [1.54, 1.807) is 0 Å². The van der Waals surface area contributed by atoms with Crippen LogP contribution < -0.4 is 0 Å². The van der Waals surface area contributed by atoms with Crippen molar-refractivity contribution in [3.05, 3.63) is 11.3 Å². The standard InChI is InChI=1S/C14H24O3/c1-10-7-15-12(3)13(4)17-9-14(5-6-14)8-16-11(10)2/h12-13H,5-9H2,1-4H3/b11-10-/t12-,13+/m1/s1. The van der Waals surface area contributed by atoms with Crippen LogP contribution in [0.25, 0.3) is 0 Å². The SMILES string of the molecule is C/C1=C(\C)OCC2(CC2)CO[C@@H](C)[C@@H](C)OC1. The molecule has 0 unspecified atom stereocenters. The Balaban J connectivity index is 2.05. The van der Waals surface area contributed by atoms with E-state index in [-0.39, 0.29) is 17.6 Å². The number of hydrogen-bond acceptors (Lipinski definition) is 3. The molecular formula is C14H24O3. The summed E-state index contributed by atoms with van der Waals surface area (Å²) in [5.41, 5.74) is 1.46. The van der Waals surface area contributed by atoms with Crippen LogP contribution in [0.4, 0.5) is 0 Å². The number of rotatable bonds is 0. The summed E-state index contributed by atoms with van der Waals surface area (Å²) in [7, 11) is 0. The van der Waals surface area contributed by atoms with Crippen LogP contribution in [0.15, 0.2) is 11.3 Å². The first-order valence-corrected chi connectivity index (χ1v) is 6.55. The van der Waals surface area contributed by atoms with Gasteiger partial charge in [-0.1, -0.05) is 0 Å². The van der Waals surface area contributed by atoms with Gasteiger partial charge in [-0.3, -0.25) is 0 Å². The smallest absolute Gasteiger partial charge is 0.0955 e. The maximum absolute atomic E-state index is 5.91. The summed E-state index contributed by atoms with van der Waals surface area (Å²) in [6.07, 6.45) is 2.73. The first-order valence-electron chi connectivity index (χ1n) is 6.55. The molecule has 1 heterocycles. The van der Waals surface area contributed by atoms with Crippen LogP contribution in [0.5, 0.6) is 0 Å². The van der Waals surface area contributed by atoms with Crippen molar-refractivity contribution in [3.63, 3.8) is 0 Å². The Kier molecular flexibility index (Phi) is 3.79. The van der Waals surface area contributed by atoms with Crippen LogP contribution in [-0.4, -0.2) is 32.0 Å². The minimum Gasteiger partial charge on any atom is -0.498 e. The van der Waals surface area contributed by atoms with Crippen LogP contribution in [-0.2, 0) is 14.2 Å². The third-order valence-electron chi connectivity index (χ3n) is 4.03. The van der Waals surface area contributed by atoms with E-state index in [0.717, 1.165) is 19.0 Å². The van der Waals surface area contributed by atoms with E-state index < -0.39 is 0 Å². The van der Waals surface area contributed by atoms with Gasteiger partial charge in [-0.05, 0) is 46.1 Å². The van der Waals surface area contributed by atoms with Crippen molar-refractivity contribution in [2.75, 3.05) is 19.8 Å². The van der Waals surface area contributed by atoms with Crippen LogP contribution >= 0.6 is 0 Å². The lowest BCUT2D eigenvalue weighted by Gasteiger charge is -2.23. The molecule has 1 spiro atoms. The number of hydrogen-bond donors (Lipinski definition) is 0. The van der Waals surface area contributed by atoms with E-state index in [1.807, 2.05) is 6.92 Å². The van der Waals surface area contributed by atoms with Crippen LogP contribution in [0.2, 0.25) is 0 Å². The van der Waals surface area contributed by atoms with Crippen molar-refractivity contribution in [1.82, 2.24) is 0 Å². The molecule has 0 aromatic carbocycles. The minimum atomic E-state index is 0.131. The van der Waals surface area contributed by atoms with E-state index in [4.69, 9.17) is 14.2 Å². The van der Waals surface area contributed by atoms with Crippen molar-refractivity contribution >= 4 is 0 Å². The Hall–Kier alpha value is -0.540. The normalized spacial score (nSPS) is 38.4. The molecule has 1 aliphatic carbocycles. The molecule has 1 saturated carbocycles. The maximum atomic E-state index is 5.91. The molecule has 1 fully saturated rings. The first-order chi connectivity index (χ1) is 8.02. The maximum Gasteiger partial charge on any atom is 0.0955 e. The molecule has 0 aromatic rings. The lowest BCUT2D eigenvalue weighted by Crippen LogP contribution is -2.29. The van der Waals surface area contributed by atoms with Gasteiger partial charge in [0.05, 0.1) is 37.8 Å². The predicted molar refractivity (Wildman–Crippen MR) is 66.8 cm³/mol. The topological polar surface area (TPSA) is 27.7 Å². The Morgan fingerprint density at radius 1 is 1.00 bits per heavy atom. The zero-order valence-corrected chi connectivity index (χ0v) is 11.4. The van der Waals surface area contributed by atoms with Crippen LogP contribution in [0.3, 0.4) is 0 Å². The molecule has 98 valence electrons.